The van der Waals surface area contributed by atoms with Gasteiger partial charge < -0.3 is 90.5 Å². The summed E-state index contributed by atoms with van der Waals surface area (Å²) in [6.07, 6.45) is 3.36. The van der Waals surface area contributed by atoms with E-state index in [1.165, 1.54) is 118 Å². The second-order valence-electron chi connectivity index (χ2n) is 38.0. The van der Waals surface area contributed by atoms with Crippen molar-refractivity contribution in [3.05, 3.63) is 88.8 Å². The van der Waals surface area contributed by atoms with Crippen molar-refractivity contribution < 1.29 is 174 Å². The number of rotatable bonds is 40. The monoisotopic (exact) mass is 2120 g/mol. The maximum atomic E-state index is 13.7. The number of aliphatic hydroxyl groups excluding tert-OH is 2. The van der Waals surface area contributed by atoms with Crippen LogP contribution in [0.4, 0.5) is 20.7 Å². The summed E-state index contributed by atoms with van der Waals surface area (Å²) in [6.45, 7) is 44.4. The molecule has 0 aliphatic carbocycles. The van der Waals surface area contributed by atoms with Gasteiger partial charge in [-0.25, -0.2) is 54.2 Å². The van der Waals surface area contributed by atoms with E-state index in [2.05, 4.69) is 93.5 Å². The van der Waals surface area contributed by atoms with Crippen molar-refractivity contribution in [2.45, 2.75) is 290 Å². The zero-order valence-electron chi connectivity index (χ0n) is 88.8. The Morgan fingerprint density at radius 3 is 1.12 bits per heavy atom. The zero-order valence-corrected chi connectivity index (χ0v) is 92.5. The maximum absolute atomic E-state index is 13.7. The Bertz CT molecular complexity index is 5090. The number of esters is 6. The molecule has 4 saturated heterocycles. The minimum Gasteiger partial charge on any atom is -0.481 e. The van der Waals surface area contributed by atoms with Crippen molar-refractivity contribution in [1.29, 1.82) is 0 Å². The van der Waals surface area contributed by atoms with Gasteiger partial charge in [0.15, 0.2) is 51.9 Å². The van der Waals surface area contributed by atoms with Crippen LogP contribution in [-0.4, -0.2) is 309 Å². The Morgan fingerprint density at radius 2 is 0.799 bits per heavy atom. The summed E-state index contributed by atoms with van der Waals surface area (Å²) in [5.74, 6) is -8.55. The Hall–Kier alpha value is -9.71. The third-order valence-electron chi connectivity index (χ3n) is 22.4. The van der Waals surface area contributed by atoms with E-state index < -0.39 is 120 Å². The van der Waals surface area contributed by atoms with Crippen molar-refractivity contribution in [2.24, 2.45) is 0 Å². The number of hydrogen-bond acceptors (Lipinski definition) is 38. The van der Waals surface area contributed by atoms with Gasteiger partial charge in [-0.1, -0.05) is 69.2 Å². The largest absolute Gasteiger partial charge is 0.481 e. The van der Waals surface area contributed by atoms with Gasteiger partial charge in [-0.15, -0.1) is 0 Å². The molecule has 4 aromatic rings. The molecule has 814 valence electrons. The number of allylic oxidation sites excluding steroid dienone is 1. The van der Waals surface area contributed by atoms with Crippen molar-refractivity contribution in [3.63, 3.8) is 0 Å². The van der Waals surface area contributed by atoms with E-state index in [4.69, 9.17) is 66.4 Å². The van der Waals surface area contributed by atoms with Gasteiger partial charge in [0, 0.05) is 56.5 Å². The summed E-state index contributed by atoms with van der Waals surface area (Å²) < 4.78 is 158. The highest BCUT2D eigenvalue weighted by Gasteiger charge is 2.43. The van der Waals surface area contributed by atoms with Crippen LogP contribution in [0.1, 0.15) is 234 Å². The number of anilines is 2. The van der Waals surface area contributed by atoms with Crippen molar-refractivity contribution in [2.75, 3.05) is 130 Å². The van der Waals surface area contributed by atoms with Crippen LogP contribution in [0.15, 0.2) is 54.6 Å². The first-order chi connectivity index (χ1) is 66.4. The third-order valence-corrected chi connectivity index (χ3v) is 33.8. The van der Waals surface area contributed by atoms with Crippen LogP contribution >= 0.6 is 0 Å². The number of carbonyl (C=O) groups is 12. The number of sulfonamides is 2. The SMILES string of the molecule is CC(C)c1nc(N(C)S(C)(=O)=O)nc(-c2ccc(F)cc2)c1C=O.CC1(CC(=O)O)OCCO1.CCOC(=O)CC1(C)OCCO1.COC(=O)CC(=O)CC1(C)OCCO1.COC(=O)C[C@@H](CC(=O)/C=C/c1c(-c2ccc(F)cc2)nc(N(C)S(C)(=O)=O)nc1C(C)C)O[Si](C)(C)C(C)(C)C.COC(=O)C[C@@H](CC(C)=O)O[Si](C)(C)C(C)(C)C.COC(=O)C[C@H](O)CC(C)=O.COC(=O)C[C@H](O)CC1(C)OCCO1. The normalized spacial score (nSPS) is 15.8. The number of methoxy groups -OCH3 is 5. The summed E-state index contributed by atoms with van der Waals surface area (Å²) in [4.78, 5) is 152. The van der Waals surface area contributed by atoms with E-state index >= 15 is 0 Å². The first-order valence-electron chi connectivity index (χ1n) is 46.3. The number of carbonyl (C=O) groups excluding carboxylic acids is 11. The molecule has 0 radical (unpaired) electrons. The molecule has 0 unspecified atom stereocenters. The molecule has 2 aromatic carbocycles. The van der Waals surface area contributed by atoms with Crippen LogP contribution in [0.5, 0.6) is 0 Å². The van der Waals surface area contributed by atoms with Gasteiger partial charge in [0.05, 0.1) is 205 Å². The van der Waals surface area contributed by atoms with Gasteiger partial charge in [-0.2, -0.15) is 0 Å². The third kappa shape index (κ3) is 49.7. The molecule has 6 heterocycles. The van der Waals surface area contributed by atoms with Gasteiger partial charge in [-0.05, 0) is 157 Å². The number of hydrogen-bond donors (Lipinski definition) is 3. The Morgan fingerprint density at radius 1 is 0.472 bits per heavy atom. The molecular weight excluding hydrogens is 1970 g/mol. The van der Waals surface area contributed by atoms with Crippen LogP contribution in [0.25, 0.3) is 28.6 Å². The Kier molecular flexibility index (Phi) is 56.2. The lowest BCUT2D eigenvalue weighted by atomic mass is 9.97. The maximum Gasteiger partial charge on any atom is 0.313 e. The predicted octanol–water partition coefficient (Wildman–Crippen LogP) is 12.4. The molecule has 41 nitrogen and oxygen atoms in total. The summed E-state index contributed by atoms with van der Waals surface area (Å²) in [7, 11) is -2.40. The standard InChI is InChI=1S/C29H42FN3O6SSi.C16H18FN3O3S.C13H26O4Si.C9H16O5.C9H14O5.C8H14O4.C7H12O4.C6H10O4/c1-19(2)26-24(16-15-22(34)17-23(18-25(35)38-7)39-41(9,10)29(3,4)5)27(20-11-13-21(30)14-12-20)32-28(31-26)33(6)40(8,36)37;1-10(2)14-13(9-21)15(11-5-7-12(17)8-6-11)19-16(18-14)20(3)24(4,22)23;1-10(14)8-11(9-12(15)16-5)17-18(6,7)13(2,3)4;2*1-9(13-3-4-14-9)6-7(10)5-8(11)12-2;1-3-10-7(9)6-8(2)11-4-5-12-8;1-5(8)3-6(9)4-7(10)11-2;1-6(4-5(7)8)9-2-3-10-6/h11-16,19,23H,17-18H2,1-10H3;5-10H,1-4H3;11H,8-9H2,1-7H3;7,10H,3-6H2,1-2H3;3-6H2,1-2H3;3-6H2,1-2H3;6,9H,3-4H2,1-2H3;2-4H2,1H3,(H,7,8)/b16-15+;;;;;;;/t23-;;11-;7-;;;6-;/m1.10..1./s1. The van der Waals surface area contributed by atoms with E-state index in [0.717, 1.165) is 21.1 Å². The molecule has 144 heavy (non-hydrogen) atoms. The molecule has 0 amide bonds. The molecule has 4 aliphatic rings. The number of ether oxygens (including phenoxy) is 14. The topological polar surface area (TPSA) is 540 Å². The van der Waals surface area contributed by atoms with Gasteiger partial charge in [-0.3, -0.25) is 57.5 Å². The van der Waals surface area contributed by atoms with Crippen LogP contribution in [0.2, 0.25) is 36.3 Å². The number of benzene rings is 2. The highest BCUT2D eigenvalue weighted by molar-refractivity contribution is 7.92. The fraction of sp³-hybridized carbons (Fsp3) is 0.649. The first kappa shape index (κ1) is 132. The minimum absolute atomic E-state index is 0.00903. The molecule has 8 rings (SSSR count). The van der Waals surface area contributed by atoms with Crippen LogP contribution in [-0.2, 0) is 148 Å². The lowest BCUT2D eigenvalue weighted by molar-refractivity contribution is -0.175. The number of aromatic nitrogens is 4. The fourth-order valence-electron chi connectivity index (χ4n) is 12.7. The molecule has 0 spiro atoms. The number of aldehydes is 1. The first-order valence-corrected chi connectivity index (χ1v) is 55.8. The number of halogens is 2. The molecule has 4 aliphatic heterocycles. The van der Waals surface area contributed by atoms with E-state index in [1.54, 1.807) is 40.7 Å². The Labute approximate surface area is 846 Å². The van der Waals surface area contributed by atoms with Crippen molar-refractivity contribution in [1.82, 2.24) is 19.9 Å². The highest BCUT2D eigenvalue weighted by atomic mass is 32.2. The van der Waals surface area contributed by atoms with Crippen LogP contribution in [0.3, 0.4) is 0 Å². The Balaban J connectivity index is 0.000000869. The number of aliphatic hydroxyl groups is 2. The van der Waals surface area contributed by atoms with Gasteiger partial charge >= 0.3 is 41.8 Å². The van der Waals surface area contributed by atoms with E-state index in [0.29, 0.717) is 99.5 Å². The second-order valence-corrected chi connectivity index (χ2v) is 51.6. The summed E-state index contributed by atoms with van der Waals surface area (Å²) in [6, 6.07) is 11.1. The average Bonchev–Trinajstić information content (AvgIpc) is 1.08. The lowest BCUT2D eigenvalue weighted by Gasteiger charge is -2.39. The molecule has 0 saturated carbocycles. The van der Waals surface area contributed by atoms with Gasteiger partial charge in [0.25, 0.3) is 0 Å². The summed E-state index contributed by atoms with van der Waals surface area (Å²) in [5, 5.41) is 26.8. The number of carboxylic acid groups (broad SMARTS) is 1. The molecule has 2 aromatic heterocycles. The number of aliphatic carboxylic acids is 1. The molecule has 47 heteroatoms. The molecule has 4 fully saturated rings. The zero-order chi connectivity index (χ0) is 111. The van der Waals surface area contributed by atoms with E-state index in [1.807, 2.05) is 40.8 Å². The van der Waals surface area contributed by atoms with E-state index in [9.17, 15) is 88.3 Å². The predicted molar refractivity (Wildman–Crippen MR) is 532 cm³/mol. The fourth-order valence-corrected chi connectivity index (χ4v) is 16.1. The quantitative estimate of drug-likeness (QED) is 0.00929. The molecule has 4 atom stereocenters. The summed E-state index contributed by atoms with van der Waals surface area (Å²) in [5.41, 5.74) is 3.36. The lowest BCUT2D eigenvalue weighted by Crippen LogP contribution is -2.44. The summed E-state index contributed by atoms with van der Waals surface area (Å²) >= 11 is 0. The van der Waals surface area contributed by atoms with E-state index in [-0.39, 0.29) is 163 Å². The van der Waals surface area contributed by atoms with Crippen molar-refractivity contribution in [3.8, 4) is 22.5 Å². The second kappa shape index (κ2) is 61.2. The van der Waals surface area contributed by atoms with Gasteiger partial charge in [0.1, 0.15) is 35.4 Å². The molecule has 0 bridgehead atoms. The van der Waals surface area contributed by atoms with Crippen LogP contribution < -0.4 is 8.61 Å². The number of carboxylic acids is 1. The smallest absolute Gasteiger partial charge is 0.313 e. The van der Waals surface area contributed by atoms with Crippen molar-refractivity contribution >= 4 is 126 Å². The number of ketones is 4. The van der Waals surface area contributed by atoms with Crippen LogP contribution in [0, 0.1) is 11.6 Å². The minimum atomic E-state index is -3.67. The molecule has 3 N–H and O–H groups in total. The average molecular weight is 2120 g/mol. The highest BCUT2D eigenvalue weighted by Crippen LogP contribution is 2.41. The number of nitrogens with zero attached hydrogens (tertiary/aromatic N) is 6. The molecular formula is C97H152F2N6O35S2Si2. The number of Topliss-reactive ketones (excluding diaryl/α,β-unsaturated/α-hetero) is 3. The van der Waals surface area contributed by atoms with Gasteiger partial charge in [0.2, 0.25) is 31.9 Å².